The molecule has 94 valence electrons. The summed E-state index contributed by atoms with van der Waals surface area (Å²) >= 11 is 3.46. The largest absolute Gasteiger partial charge is 0.274 e. The van der Waals surface area contributed by atoms with Gasteiger partial charge in [-0.1, -0.05) is 26.0 Å². The van der Waals surface area contributed by atoms with E-state index in [1.807, 2.05) is 39.0 Å². The summed E-state index contributed by atoms with van der Waals surface area (Å²) in [6, 6.07) is 5.62. The van der Waals surface area contributed by atoms with Gasteiger partial charge in [0.25, 0.3) is 0 Å². The number of piperidine rings is 1. The number of carbonyl (C=O) groups excluding carboxylic acids is 2. The quantitative estimate of drug-likeness (QED) is 0.748. The second-order valence-electron chi connectivity index (χ2n) is 5.70. The zero-order chi connectivity index (χ0) is 13.2. The van der Waals surface area contributed by atoms with Crippen molar-refractivity contribution in [1.82, 2.24) is 0 Å². The van der Waals surface area contributed by atoms with Crippen LogP contribution in [0.4, 0.5) is 5.69 Å². The zero-order valence-electron chi connectivity index (χ0n) is 10.5. The number of rotatable bonds is 1. The minimum atomic E-state index is -0.152. The van der Waals surface area contributed by atoms with Gasteiger partial charge in [0.15, 0.2) is 0 Å². The van der Waals surface area contributed by atoms with Gasteiger partial charge in [-0.2, -0.15) is 0 Å². The number of aryl methyl sites for hydroxylation is 1. The zero-order valence-corrected chi connectivity index (χ0v) is 12.1. The van der Waals surface area contributed by atoms with Crippen LogP contribution >= 0.6 is 15.9 Å². The lowest BCUT2D eigenvalue weighted by molar-refractivity contribution is -0.125. The number of hydrogen-bond donors (Lipinski definition) is 0. The highest BCUT2D eigenvalue weighted by Gasteiger charge is 2.72. The summed E-state index contributed by atoms with van der Waals surface area (Å²) < 4.78 is 0.825. The van der Waals surface area contributed by atoms with E-state index in [-0.39, 0.29) is 29.1 Å². The Labute approximate surface area is 114 Å². The predicted molar refractivity (Wildman–Crippen MR) is 72.1 cm³/mol. The summed E-state index contributed by atoms with van der Waals surface area (Å²) in [6.45, 7) is 5.92. The number of anilines is 1. The number of halogens is 1. The molecule has 0 bridgehead atoms. The topological polar surface area (TPSA) is 37.4 Å². The number of amides is 2. The average Bonchev–Trinajstić information content (AvgIpc) is 2.75. The van der Waals surface area contributed by atoms with Crippen LogP contribution in [0.5, 0.6) is 0 Å². The number of nitrogens with zero attached hydrogens (tertiary/aromatic N) is 1. The van der Waals surface area contributed by atoms with E-state index in [0.29, 0.717) is 5.69 Å². The molecule has 2 atom stereocenters. The number of hydrogen-bond acceptors (Lipinski definition) is 2. The van der Waals surface area contributed by atoms with Crippen LogP contribution in [0.3, 0.4) is 0 Å². The van der Waals surface area contributed by atoms with Crippen molar-refractivity contribution >= 4 is 33.4 Å². The molecule has 2 aliphatic rings. The highest BCUT2D eigenvalue weighted by Crippen LogP contribution is 2.64. The van der Waals surface area contributed by atoms with Crippen LogP contribution in [0, 0.1) is 24.2 Å². The molecule has 0 spiro atoms. The van der Waals surface area contributed by atoms with Crippen LogP contribution in [-0.2, 0) is 9.59 Å². The van der Waals surface area contributed by atoms with Gasteiger partial charge in [-0.05, 0) is 39.9 Å². The molecule has 3 nitrogen and oxygen atoms in total. The van der Waals surface area contributed by atoms with Crippen molar-refractivity contribution in [1.29, 1.82) is 0 Å². The summed E-state index contributed by atoms with van der Waals surface area (Å²) in [5.74, 6) is -0.363. The van der Waals surface area contributed by atoms with Crippen LogP contribution in [0.15, 0.2) is 22.7 Å². The molecule has 2 fully saturated rings. The summed E-state index contributed by atoms with van der Waals surface area (Å²) in [7, 11) is 0. The van der Waals surface area contributed by atoms with Gasteiger partial charge in [-0.25, -0.2) is 4.90 Å². The van der Waals surface area contributed by atoms with E-state index < -0.39 is 0 Å². The Bertz CT molecular complexity index is 555. The molecule has 3 rings (SSSR count). The number of benzene rings is 1. The molecule has 1 heterocycles. The highest BCUT2D eigenvalue weighted by molar-refractivity contribution is 9.10. The Balaban J connectivity index is 2.04. The van der Waals surface area contributed by atoms with E-state index in [4.69, 9.17) is 0 Å². The lowest BCUT2D eigenvalue weighted by atomic mass is 10.0. The Morgan fingerprint density at radius 3 is 2.28 bits per heavy atom. The fourth-order valence-corrected chi connectivity index (χ4v) is 3.43. The Kier molecular flexibility index (Phi) is 2.28. The first-order valence-electron chi connectivity index (χ1n) is 6.00. The first-order chi connectivity index (χ1) is 8.37. The maximum Gasteiger partial charge on any atom is 0.238 e. The smallest absolute Gasteiger partial charge is 0.238 e. The SMILES string of the molecule is Cc1cccc(N2C(=O)C3C(C2=O)C3(C)C)c1Br. The molecule has 1 saturated carbocycles. The molecule has 0 N–H and O–H groups in total. The minimum Gasteiger partial charge on any atom is -0.274 e. The first-order valence-corrected chi connectivity index (χ1v) is 6.79. The third-order valence-electron chi connectivity index (χ3n) is 4.21. The third-order valence-corrected chi connectivity index (χ3v) is 5.24. The predicted octanol–water partition coefficient (Wildman–Crippen LogP) is 2.90. The second kappa shape index (κ2) is 3.44. The molecule has 0 radical (unpaired) electrons. The van der Waals surface area contributed by atoms with Gasteiger partial charge >= 0.3 is 0 Å². The van der Waals surface area contributed by atoms with Crippen molar-refractivity contribution in [2.24, 2.45) is 17.3 Å². The molecule has 1 aliphatic carbocycles. The van der Waals surface area contributed by atoms with Gasteiger partial charge in [0.1, 0.15) is 0 Å². The van der Waals surface area contributed by atoms with Crippen molar-refractivity contribution in [2.45, 2.75) is 20.8 Å². The number of fused-ring (bicyclic) bond motifs is 1. The maximum absolute atomic E-state index is 12.3. The van der Waals surface area contributed by atoms with Crippen molar-refractivity contribution in [3.63, 3.8) is 0 Å². The van der Waals surface area contributed by atoms with Gasteiger partial charge in [0.05, 0.1) is 17.5 Å². The van der Waals surface area contributed by atoms with Crippen LogP contribution in [0.1, 0.15) is 19.4 Å². The van der Waals surface area contributed by atoms with Gasteiger partial charge in [0, 0.05) is 4.47 Å². The summed E-state index contributed by atoms with van der Waals surface area (Å²) in [5.41, 5.74) is 1.54. The van der Waals surface area contributed by atoms with Crippen LogP contribution in [0.25, 0.3) is 0 Å². The number of carbonyl (C=O) groups is 2. The summed E-state index contributed by atoms with van der Waals surface area (Å²) in [6.07, 6.45) is 0. The van der Waals surface area contributed by atoms with Gasteiger partial charge in [-0.3, -0.25) is 9.59 Å². The average molecular weight is 308 g/mol. The maximum atomic E-state index is 12.3. The fourth-order valence-electron chi connectivity index (χ4n) is 2.99. The lowest BCUT2D eigenvalue weighted by Crippen LogP contribution is -2.36. The monoisotopic (exact) mass is 307 g/mol. The molecule has 1 aromatic carbocycles. The number of imide groups is 1. The molecule has 2 amide bonds. The van der Waals surface area contributed by atoms with Crippen LogP contribution in [0.2, 0.25) is 0 Å². The lowest BCUT2D eigenvalue weighted by Gasteiger charge is -2.22. The molecule has 0 aromatic heterocycles. The normalized spacial score (nSPS) is 28.6. The molecular formula is C14H14BrNO2. The van der Waals surface area contributed by atoms with E-state index in [0.717, 1.165) is 10.0 Å². The fraction of sp³-hybridized carbons (Fsp3) is 0.429. The van der Waals surface area contributed by atoms with E-state index in [2.05, 4.69) is 15.9 Å². The summed E-state index contributed by atoms with van der Waals surface area (Å²) in [5, 5.41) is 0. The van der Waals surface area contributed by atoms with E-state index >= 15 is 0 Å². The second-order valence-corrected chi connectivity index (χ2v) is 6.49. The molecule has 4 heteroatoms. The Morgan fingerprint density at radius 2 is 1.72 bits per heavy atom. The van der Waals surface area contributed by atoms with Crippen molar-refractivity contribution in [3.8, 4) is 0 Å². The summed E-state index contributed by atoms with van der Waals surface area (Å²) in [4.78, 5) is 26.0. The van der Waals surface area contributed by atoms with Gasteiger partial charge in [-0.15, -0.1) is 0 Å². The first kappa shape index (κ1) is 11.9. The highest BCUT2D eigenvalue weighted by atomic mass is 79.9. The van der Waals surface area contributed by atoms with Crippen LogP contribution < -0.4 is 4.90 Å². The molecule has 1 aliphatic heterocycles. The minimum absolute atomic E-state index is 0.0544. The van der Waals surface area contributed by atoms with Gasteiger partial charge in [0.2, 0.25) is 11.8 Å². The molecule has 2 unspecified atom stereocenters. The molecular weight excluding hydrogens is 294 g/mol. The van der Waals surface area contributed by atoms with Crippen molar-refractivity contribution in [3.05, 3.63) is 28.2 Å². The van der Waals surface area contributed by atoms with E-state index in [1.54, 1.807) is 0 Å². The molecule has 18 heavy (non-hydrogen) atoms. The van der Waals surface area contributed by atoms with Crippen molar-refractivity contribution < 1.29 is 9.59 Å². The Morgan fingerprint density at radius 1 is 1.17 bits per heavy atom. The Hall–Kier alpha value is -1.16. The van der Waals surface area contributed by atoms with Crippen LogP contribution in [-0.4, -0.2) is 11.8 Å². The van der Waals surface area contributed by atoms with Gasteiger partial charge < -0.3 is 0 Å². The van der Waals surface area contributed by atoms with Crippen molar-refractivity contribution in [2.75, 3.05) is 4.90 Å². The van der Waals surface area contributed by atoms with E-state index in [1.165, 1.54) is 4.90 Å². The molecule has 1 saturated heterocycles. The van der Waals surface area contributed by atoms with E-state index in [9.17, 15) is 9.59 Å². The third kappa shape index (κ3) is 1.30. The molecule has 1 aromatic rings. The standard InChI is InChI=1S/C14H14BrNO2/c1-7-5-4-6-8(11(7)15)16-12(17)9-10(13(16)18)14(9,2)3/h4-6,9-10H,1-3H3.